The maximum absolute atomic E-state index is 11.4. The number of unbranched alkanes of at least 4 members (excludes halogenated alkanes) is 36. The number of rotatable bonds is 42. The van der Waals surface area contributed by atoms with Crippen molar-refractivity contribution in [3.8, 4) is 5.75 Å². The van der Waals surface area contributed by atoms with Gasteiger partial charge in [0.1, 0.15) is 5.75 Å². The summed E-state index contributed by atoms with van der Waals surface area (Å²) in [6.45, 7) is 6.92. The zero-order valence-corrected chi connectivity index (χ0v) is 36.3. The van der Waals surface area contributed by atoms with Crippen molar-refractivity contribution < 1.29 is 5.11 Å². The van der Waals surface area contributed by atoms with Crippen LogP contribution in [0.5, 0.6) is 5.75 Å². The molecule has 0 aliphatic heterocycles. The first-order valence-electron chi connectivity index (χ1n) is 24.6. The van der Waals surface area contributed by atoms with Crippen LogP contribution in [0.4, 0.5) is 0 Å². The highest BCUT2D eigenvalue weighted by Gasteiger charge is 2.11. The summed E-state index contributed by atoms with van der Waals surface area (Å²) in [4.78, 5) is 0. The lowest BCUT2D eigenvalue weighted by Gasteiger charge is -2.14. The molecule has 0 heterocycles. The topological polar surface area (TPSA) is 20.2 Å². The molecule has 52 heavy (non-hydrogen) atoms. The second kappa shape index (κ2) is 39.7. The smallest absolute Gasteiger partial charge is 0.121 e. The molecule has 0 radical (unpaired) electrons. The third kappa shape index (κ3) is 31.4. The highest BCUT2D eigenvalue weighted by atomic mass is 16.3. The van der Waals surface area contributed by atoms with Gasteiger partial charge in [0.25, 0.3) is 0 Å². The Kier molecular flexibility index (Phi) is 37.4. The van der Waals surface area contributed by atoms with Gasteiger partial charge in [0.15, 0.2) is 0 Å². The molecule has 0 fully saturated rings. The quantitative estimate of drug-likeness (QED) is 0.0666. The van der Waals surface area contributed by atoms with Gasteiger partial charge in [-0.1, -0.05) is 264 Å². The normalized spacial score (nSPS) is 11.6. The Morgan fingerprint density at radius 1 is 0.269 bits per heavy atom. The summed E-state index contributed by atoms with van der Waals surface area (Å²) in [6.07, 6.45) is 58.0. The van der Waals surface area contributed by atoms with Gasteiger partial charge in [0.2, 0.25) is 0 Å². The van der Waals surface area contributed by atoms with Crippen LogP contribution in [0.25, 0.3) is 0 Å². The van der Waals surface area contributed by atoms with Gasteiger partial charge in [-0.05, 0) is 55.2 Å². The molecule has 1 aromatic rings. The molecule has 1 aromatic carbocycles. The predicted octanol–water partition coefficient (Wildman–Crippen LogP) is 18.3. The third-order valence-electron chi connectivity index (χ3n) is 12.0. The fraction of sp³-hybridized carbons (Fsp3) is 0.882. The molecule has 0 bridgehead atoms. The standard InChI is InChI=1S/C51H96O/c1-4-7-10-13-16-18-20-22-24-26-28-30-32-35-38-41-44-49-46-48(43-40-37-34-15-12-9-6-3)47-50(51(49)52)45-42-39-36-33-31-29-27-25-23-21-19-17-14-11-8-5-2/h46-47,52H,4-45H2,1-3H3. The van der Waals surface area contributed by atoms with Crippen molar-refractivity contribution in [2.24, 2.45) is 0 Å². The van der Waals surface area contributed by atoms with E-state index in [2.05, 4.69) is 32.9 Å². The zero-order valence-electron chi connectivity index (χ0n) is 36.3. The Bertz CT molecular complexity index is 785. The summed E-state index contributed by atoms with van der Waals surface area (Å²) < 4.78 is 0. The van der Waals surface area contributed by atoms with Crippen LogP contribution in [0, 0.1) is 0 Å². The Labute approximate surface area is 329 Å². The summed E-state index contributed by atoms with van der Waals surface area (Å²) in [6, 6.07) is 4.77. The monoisotopic (exact) mass is 725 g/mol. The number of hydrogen-bond acceptors (Lipinski definition) is 1. The first kappa shape index (κ1) is 49.0. The molecule has 306 valence electrons. The van der Waals surface area contributed by atoms with Crippen LogP contribution in [0.1, 0.15) is 288 Å². The van der Waals surface area contributed by atoms with E-state index < -0.39 is 0 Å². The van der Waals surface area contributed by atoms with E-state index in [9.17, 15) is 5.11 Å². The molecule has 1 heteroatoms. The van der Waals surface area contributed by atoms with E-state index in [1.807, 2.05) is 0 Å². The molecule has 0 saturated carbocycles. The molecule has 0 unspecified atom stereocenters. The van der Waals surface area contributed by atoms with Gasteiger partial charge >= 0.3 is 0 Å². The number of aryl methyl sites for hydroxylation is 3. The van der Waals surface area contributed by atoms with E-state index in [4.69, 9.17) is 0 Å². The average Bonchev–Trinajstić information content (AvgIpc) is 3.15. The Hall–Kier alpha value is -0.980. The predicted molar refractivity (Wildman–Crippen MR) is 236 cm³/mol. The van der Waals surface area contributed by atoms with Crippen molar-refractivity contribution >= 4 is 0 Å². The minimum Gasteiger partial charge on any atom is -0.507 e. The lowest BCUT2D eigenvalue weighted by molar-refractivity contribution is 0.456. The molecule has 0 aliphatic rings. The van der Waals surface area contributed by atoms with Crippen molar-refractivity contribution in [1.82, 2.24) is 0 Å². The van der Waals surface area contributed by atoms with Gasteiger partial charge in [-0.2, -0.15) is 0 Å². The van der Waals surface area contributed by atoms with Crippen molar-refractivity contribution in [2.45, 2.75) is 290 Å². The van der Waals surface area contributed by atoms with Crippen LogP contribution in [-0.2, 0) is 19.3 Å². The second-order valence-corrected chi connectivity index (χ2v) is 17.2. The molecular weight excluding hydrogens is 629 g/mol. The molecule has 1 N–H and O–H groups in total. The number of phenolic OH excluding ortho intramolecular Hbond substituents is 1. The first-order valence-corrected chi connectivity index (χ1v) is 24.6. The van der Waals surface area contributed by atoms with Crippen LogP contribution < -0.4 is 0 Å². The van der Waals surface area contributed by atoms with Gasteiger partial charge in [-0.3, -0.25) is 0 Å². The molecular formula is C51H96O. The van der Waals surface area contributed by atoms with E-state index in [0.717, 1.165) is 12.8 Å². The van der Waals surface area contributed by atoms with Gasteiger partial charge in [-0.15, -0.1) is 0 Å². The molecule has 0 aliphatic carbocycles. The highest BCUT2D eigenvalue weighted by molar-refractivity contribution is 5.44. The molecule has 0 aromatic heterocycles. The van der Waals surface area contributed by atoms with Crippen LogP contribution in [-0.4, -0.2) is 5.11 Å². The van der Waals surface area contributed by atoms with Gasteiger partial charge < -0.3 is 5.11 Å². The molecule has 0 saturated heterocycles. The Morgan fingerprint density at radius 2 is 0.462 bits per heavy atom. The fourth-order valence-electron chi connectivity index (χ4n) is 8.37. The van der Waals surface area contributed by atoms with Crippen molar-refractivity contribution in [3.05, 3.63) is 28.8 Å². The number of aromatic hydroxyl groups is 1. The second-order valence-electron chi connectivity index (χ2n) is 17.2. The van der Waals surface area contributed by atoms with Crippen LogP contribution in [0.3, 0.4) is 0 Å². The van der Waals surface area contributed by atoms with Crippen LogP contribution in [0.2, 0.25) is 0 Å². The van der Waals surface area contributed by atoms with E-state index in [1.54, 1.807) is 0 Å². The summed E-state index contributed by atoms with van der Waals surface area (Å²) in [5, 5.41) is 11.4. The maximum Gasteiger partial charge on any atom is 0.121 e. The van der Waals surface area contributed by atoms with E-state index >= 15 is 0 Å². The summed E-state index contributed by atoms with van der Waals surface area (Å²) in [5.41, 5.74) is 3.99. The van der Waals surface area contributed by atoms with E-state index in [0.29, 0.717) is 5.75 Å². The fourth-order valence-corrected chi connectivity index (χ4v) is 8.37. The van der Waals surface area contributed by atoms with Crippen molar-refractivity contribution in [2.75, 3.05) is 0 Å². The molecule has 0 amide bonds. The lowest BCUT2D eigenvalue weighted by Crippen LogP contribution is -1.98. The molecule has 0 spiro atoms. The van der Waals surface area contributed by atoms with Crippen LogP contribution in [0.15, 0.2) is 12.1 Å². The summed E-state index contributed by atoms with van der Waals surface area (Å²) >= 11 is 0. The van der Waals surface area contributed by atoms with E-state index in [-0.39, 0.29) is 0 Å². The zero-order chi connectivity index (χ0) is 37.4. The molecule has 1 rings (SSSR count). The SMILES string of the molecule is CCCCCCCCCCCCCCCCCCc1cc(CCCCCCCCC)cc(CCCCCCCCCCCCCCCCCC)c1O. The van der Waals surface area contributed by atoms with Crippen molar-refractivity contribution in [1.29, 1.82) is 0 Å². The summed E-state index contributed by atoms with van der Waals surface area (Å²) in [7, 11) is 0. The minimum absolute atomic E-state index is 0.644. The Morgan fingerprint density at radius 3 is 0.692 bits per heavy atom. The highest BCUT2D eigenvalue weighted by Crippen LogP contribution is 2.29. The number of phenols is 1. The molecule has 0 atom stereocenters. The van der Waals surface area contributed by atoms with Gasteiger partial charge in [0.05, 0.1) is 0 Å². The van der Waals surface area contributed by atoms with Crippen LogP contribution >= 0.6 is 0 Å². The average molecular weight is 725 g/mol. The maximum atomic E-state index is 11.4. The Balaban J connectivity index is 2.28. The van der Waals surface area contributed by atoms with Gasteiger partial charge in [0, 0.05) is 0 Å². The van der Waals surface area contributed by atoms with Gasteiger partial charge in [-0.25, -0.2) is 0 Å². The molecule has 1 nitrogen and oxygen atoms in total. The summed E-state index contributed by atoms with van der Waals surface area (Å²) in [5.74, 6) is 0.644. The lowest BCUT2D eigenvalue weighted by atomic mass is 9.93. The first-order chi connectivity index (χ1) is 25.7. The minimum atomic E-state index is 0.644. The van der Waals surface area contributed by atoms with Crippen molar-refractivity contribution in [3.63, 3.8) is 0 Å². The number of benzene rings is 1. The number of hydrogen-bond donors (Lipinski definition) is 1. The largest absolute Gasteiger partial charge is 0.507 e. The van der Waals surface area contributed by atoms with E-state index in [1.165, 1.54) is 274 Å². The third-order valence-corrected chi connectivity index (χ3v) is 12.0.